The van der Waals surface area contributed by atoms with E-state index >= 15 is 0 Å². The van der Waals surface area contributed by atoms with Gasteiger partial charge in [-0.2, -0.15) is 0 Å². The standard InChI is InChI=1S/C22H28N2O4/c1-16-20(27-3)13-18(14-21(16)28-4)22(25)24-11-9-23(10-12-24)15-17-5-7-19(26-2)8-6-17/h5-8,13-14H,9-12,15H2,1-4H3. The quantitative estimate of drug-likeness (QED) is 0.766. The molecule has 0 bridgehead atoms. The van der Waals surface area contributed by atoms with Crippen LogP contribution >= 0.6 is 0 Å². The van der Waals surface area contributed by atoms with Gasteiger partial charge < -0.3 is 19.1 Å². The van der Waals surface area contributed by atoms with Crippen LogP contribution in [0.15, 0.2) is 36.4 Å². The summed E-state index contributed by atoms with van der Waals surface area (Å²) < 4.78 is 16.0. The maximum Gasteiger partial charge on any atom is 0.254 e. The zero-order valence-electron chi connectivity index (χ0n) is 17.0. The molecule has 0 atom stereocenters. The Hall–Kier alpha value is -2.73. The molecule has 1 amide bonds. The van der Waals surface area contributed by atoms with Crippen LogP contribution in [0.3, 0.4) is 0 Å². The molecule has 1 aliphatic heterocycles. The number of amides is 1. The zero-order valence-corrected chi connectivity index (χ0v) is 17.0. The number of nitrogens with zero attached hydrogens (tertiary/aromatic N) is 2. The van der Waals surface area contributed by atoms with E-state index in [-0.39, 0.29) is 5.91 Å². The molecular formula is C22H28N2O4. The molecule has 0 N–H and O–H groups in total. The molecule has 0 saturated carbocycles. The fraction of sp³-hybridized carbons (Fsp3) is 0.409. The zero-order chi connectivity index (χ0) is 20.1. The maximum atomic E-state index is 13.0. The van der Waals surface area contributed by atoms with Gasteiger partial charge in [0.15, 0.2) is 0 Å². The summed E-state index contributed by atoms with van der Waals surface area (Å²) in [4.78, 5) is 17.2. The molecule has 1 saturated heterocycles. The molecule has 0 aliphatic carbocycles. The van der Waals surface area contributed by atoms with Crippen LogP contribution in [0.1, 0.15) is 21.5 Å². The number of carbonyl (C=O) groups excluding carboxylic acids is 1. The highest BCUT2D eigenvalue weighted by Gasteiger charge is 2.24. The van der Waals surface area contributed by atoms with Gasteiger partial charge in [-0.25, -0.2) is 0 Å². The lowest BCUT2D eigenvalue weighted by molar-refractivity contribution is 0.0627. The number of carbonyl (C=O) groups is 1. The highest BCUT2D eigenvalue weighted by atomic mass is 16.5. The van der Waals surface area contributed by atoms with Crippen LogP contribution < -0.4 is 14.2 Å². The molecule has 1 heterocycles. The van der Waals surface area contributed by atoms with Crippen molar-refractivity contribution in [3.05, 3.63) is 53.1 Å². The lowest BCUT2D eigenvalue weighted by Crippen LogP contribution is -2.48. The monoisotopic (exact) mass is 384 g/mol. The number of ether oxygens (including phenoxy) is 3. The normalized spacial score (nSPS) is 14.6. The molecule has 2 aromatic carbocycles. The molecule has 1 aliphatic rings. The number of hydrogen-bond donors (Lipinski definition) is 0. The largest absolute Gasteiger partial charge is 0.497 e. The van der Waals surface area contributed by atoms with Gasteiger partial charge in [0.2, 0.25) is 0 Å². The van der Waals surface area contributed by atoms with Crippen LogP contribution in [0.4, 0.5) is 0 Å². The average Bonchev–Trinajstić information content (AvgIpc) is 2.74. The Bertz CT molecular complexity index is 787. The van der Waals surface area contributed by atoms with Gasteiger partial charge in [0.1, 0.15) is 17.2 Å². The van der Waals surface area contributed by atoms with Crippen molar-refractivity contribution in [2.45, 2.75) is 13.5 Å². The number of hydrogen-bond acceptors (Lipinski definition) is 5. The van der Waals surface area contributed by atoms with E-state index in [0.717, 1.165) is 30.9 Å². The summed E-state index contributed by atoms with van der Waals surface area (Å²) in [7, 11) is 4.88. The second-order valence-electron chi connectivity index (χ2n) is 6.92. The summed E-state index contributed by atoms with van der Waals surface area (Å²) in [6.07, 6.45) is 0. The summed E-state index contributed by atoms with van der Waals surface area (Å²) >= 11 is 0. The van der Waals surface area contributed by atoms with Crippen molar-refractivity contribution >= 4 is 5.91 Å². The number of piperazine rings is 1. The van der Waals surface area contributed by atoms with Crippen LogP contribution in [-0.2, 0) is 6.54 Å². The predicted molar refractivity (Wildman–Crippen MR) is 108 cm³/mol. The number of methoxy groups -OCH3 is 3. The summed E-state index contributed by atoms with van der Waals surface area (Å²) in [6, 6.07) is 11.7. The van der Waals surface area contributed by atoms with Gasteiger partial charge in [-0.1, -0.05) is 12.1 Å². The SMILES string of the molecule is COc1ccc(CN2CCN(C(=O)c3cc(OC)c(C)c(OC)c3)CC2)cc1. The topological polar surface area (TPSA) is 51.2 Å². The summed E-state index contributed by atoms with van der Waals surface area (Å²) in [5.74, 6) is 2.21. The lowest BCUT2D eigenvalue weighted by atomic mass is 10.1. The lowest BCUT2D eigenvalue weighted by Gasteiger charge is -2.35. The van der Waals surface area contributed by atoms with Gasteiger partial charge in [0.05, 0.1) is 21.3 Å². The fourth-order valence-electron chi connectivity index (χ4n) is 3.49. The highest BCUT2D eigenvalue weighted by Crippen LogP contribution is 2.30. The van der Waals surface area contributed by atoms with E-state index in [1.807, 2.05) is 24.0 Å². The Morgan fingerprint density at radius 1 is 0.893 bits per heavy atom. The fourth-order valence-corrected chi connectivity index (χ4v) is 3.49. The molecule has 1 fully saturated rings. The molecule has 150 valence electrons. The van der Waals surface area contributed by atoms with Crippen molar-refractivity contribution in [1.29, 1.82) is 0 Å². The Kier molecular flexibility index (Phi) is 6.41. The summed E-state index contributed by atoms with van der Waals surface area (Å²) in [5, 5.41) is 0. The Morgan fingerprint density at radius 3 is 1.96 bits per heavy atom. The van der Waals surface area contributed by atoms with Crippen LogP contribution in [0.2, 0.25) is 0 Å². The molecule has 6 nitrogen and oxygen atoms in total. The molecule has 0 unspecified atom stereocenters. The maximum absolute atomic E-state index is 13.0. The van der Waals surface area contributed by atoms with E-state index in [4.69, 9.17) is 14.2 Å². The Balaban J connectivity index is 1.62. The van der Waals surface area contributed by atoms with Crippen LogP contribution in [0.25, 0.3) is 0 Å². The van der Waals surface area contributed by atoms with E-state index in [1.54, 1.807) is 33.5 Å². The third-order valence-electron chi connectivity index (χ3n) is 5.22. The third kappa shape index (κ3) is 4.39. The second-order valence-corrected chi connectivity index (χ2v) is 6.92. The van der Waals surface area contributed by atoms with Crippen molar-refractivity contribution in [2.24, 2.45) is 0 Å². The van der Waals surface area contributed by atoms with E-state index in [0.29, 0.717) is 30.2 Å². The van der Waals surface area contributed by atoms with E-state index in [1.165, 1.54) is 5.56 Å². The second kappa shape index (κ2) is 8.97. The minimum absolute atomic E-state index is 0.0145. The molecule has 2 aromatic rings. The van der Waals surface area contributed by atoms with E-state index in [9.17, 15) is 4.79 Å². The molecule has 0 aromatic heterocycles. The van der Waals surface area contributed by atoms with Crippen molar-refractivity contribution in [2.75, 3.05) is 47.5 Å². The molecule has 0 spiro atoms. The first kappa shape index (κ1) is 20.0. The van der Waals surface area contributed by atoms with Gasteiger partial charge in [0, 0.05) is 43.9 Å². The smallest absolute Gasteiger partial charge is 0.254 e. The van der Waals surface area contributed by atoms with Crippen molar-refractivity contribution in [3.8, 4) is 17.2 Å². The van der Waals surface area contributed by atoms with E-state index < -0.39 is 0 Å². The Morgan fingerprint density at radius 2 is 1.46 bits per heavy atom. The van der Waals surface area contributed by atoms with Crippen LogP contribution in [-0.4, -0.2) is 63.2 Å². The van der Waals surface area contributed by atoms with Crippen molar-refractivity contribution in [3.63, 3.8) is 0 Å². The molecule has 0 radical (unpaired) electrons. The van der Waals surface area contributed by atoms with Crippen molar-refractivity contribution < 1.29 is 19.0 Å². The molecule has 6 heteroatoms. The third-order valence-corrected chi connectivity index (χ3v) is 5.22. The first-order valence-electron chi connectivity index (χ1n) is 9.43. The predicted octanol–water partition coefficient (Wildman–Crippen LogP) is 2.98. The molecule has 28 heavy (non-hydrogen) atoms. The first-order chi connectivity index (χ1) is 13.5. The van der Waals surface area contributed by atoms with Gasteiger partial charge in [-0.3, -0.25) is 9.69 Å². The van der Waals surface area contributed by atoms with Gasteiger partial charge >= 0.3 is 0 Å². The average molecular weight is 384 g/mol. The van der Waals surface area contributed by atoms with E-state index in [2.05, 4.69) is 17.0 Å². The summed E-state index contributed by atoms with van der Waals surface area (Å²) in [5.41, 5.74) is 2.74. The number of rotatable bonds is 6. The van der Waals surface area contributed by atoms with Gasteiger partial charge in [-0.05, 0) is 36.8 Å². The Labute approximate surface area is 166 Å². The molecular weight excluding hydrogens is 356 g/mol. The highest BCUT2D eigenvalue weighted by molar-refractivity contribution is 5.95. The number of benzene rings is 2. The van der Waals surface area contributed by atoms with Crippen molar-refractivity contribution in [1.82, 2.24) is 9.80 Å². The first-order valence-corrected chi connectivity index (χ1v) is 9.43. The summed E-state index contributed by atoms with van der Waals surface area (Å²) in [6.45, 7) is 5.89. The van der Waals surface area contributed by atoms with Crippen LogP contribution in [0.5, 0.6) is 17.2 Å². The minimum atomic E-state index is 0.0145. The van der Waals surface area contributed by atoms with Gasteiger partial charge in [-0.15, -0.1) is 0 Å². The minimum Gasteiger partial charge on any atom is -0.497 e. The van der Waals surface area contributed by atoms with Gasteiger partial charge in [0.25, 0.3) is 5.91 Å². The van der Waals surface area contributed by atoms with Crippen LogP contribution in [0, 0.1) is 6.92 Å². The molecule has 3 rings (SSSR count).